The van der Waals surface area contributed by atoms with Crippen LogP contribution < -0.4 is 0 Å². The molecule has 0 radical (unpaired) electrons. The molecule has 0 saturated carbocycles. The Hall–Kier alpha value is -2.24. The monoisotopic (exact) mass is 355 g/mol. The summed E-state index contributed by atoms with van der Waals surface area (Å²) >= 11 is 0. The average molecular weight is 355 g/mol. The molecule has 2 aromatic heterocycles. The molecule has 0 aliphatic carbocycles. The third kappa shape index (κ3) is 3.79. The molecular weight excluding hydrogens is 326 g/mol. The van der Waals surface area contributed by atoms with E-state index in [1.165, 1.54) is 0 Å². The molecule has 1 fully saturated rings. The third-order valence-corrected chi connectivity index (χ3v) is 4.87. The predicted molar refractivity (Wildman–Crippen MR) is 102 cm³/mol. The standard InChI is InChI=1S/C20H29N5O/c1-6-25-17(9-10-21-25)16-12-14(2)22-18(23-16)15-8-7-11-24(13-15)19(26)20(3,4)5/h9-10,12,15H,6-8,11,13H2,1-5H3/t15-/m0/s1. The van der Waals surface area contributed by atoms with Gasteiger partial charge in [0.2, 0.25) is 5.91 Å². The third-order valence-electron chi connectivity index (χ3n) is 4.87. The van der Waals surface area contributed by atoms with E-state index in [2.05, 4.69) is 12.0 Å². The molecule has 1 saturated heterocycles. The van der Waals surface area contributed by atoms with E-state index in [1.54, 1.807) is 6.20 Å². The molecule has 1 aliphatic heterocycles. The first-order chi connectivity index (χ1) is 12.3. The first-order valence-electron chi connectivity index (χ1n) is 9.46. The molecule has 0 N–H and O–H groups in total. The van der Waals surface area contributed by atoms with E-state index in [0.717, 1.165) is 48.8 Å². The molecule has 0 unspecified atom stereocenters. The lowest BCUT2D eigenvalue weighted by Gasteiger charge is -2.36. The maximum absolute atomic E-state index is 12.7. The number of hydrogen-bond acceptors (Lipinski definition) is 4. The van der Waals surface area contributed by atoms with E-state index < -0.39 is 0 Å². The van der Waals surface area contributed by atoms with Gasteiger partial charge in [-0.1, -0.05) is 20.8 Å². The van der Waals surface area contributed by atoms with E-state index in [9.17, 15) is 4.79 Å². The summed E-state index contributed by atoms with van der Waals surface area (Å²) in [7, 11) is 0. The van der Waals surface area contributed by atoms with E-state index in [1.807, 2.05) is 49.4 Å². The highest BCUT2D eigenvalue weighted by Gasteiger charge is 2.32. The second-order valence-electron chi connectivity index (χ2n) is 8.13. The van der Waals surface area contributed by atoms with Gasteiger partial charge in [0, 0.05) is 42.9 Å². The molecule has 0 aromatic carbocycles. The highest BCUT2D eigenvalue weighted by atomic mass is 16.2. The molecule has 6 nitrogen and oxygen atoms in total. The zero-order valence-electron chi connectivity index (χ0n) is 16.5. The molecule has 140 valence electrons. The number of rotatable bonds is 3. The van der Waals surface area contributed by atoms with Crippen LogP contribution in [-0.4, -0.2) is 43.6 Å². The van der Waals surface area contributed by atoms with E-state index in [0.29, 0.717) is 6.54 Å². The van der Waals surface area contributed by atoms with Gasteiger partial charge in [-0.2, -0.15) is 5.10 Å². The SMILES string of the molecule is CCn1nccc1-c1cc(C)nc([C@H]2CCCN(C(=O)C(C)(C)C)C2)n1. The Morgan fingerprint density at radius 3 is 2.77 bits per heavy atom. The molecule has 1 amide bonds. The lowest BCUT2D eigenvalue weighted by atomic mass is 9.91. The molecule has 1 aliphatic rings. The minimum Gasteiger partial charge on any atom is -0.342 e. The topological polar surface area (TPSA) is 63.9 Å². The summed E-state index contributed by atoms with van der Waals surface area (Å²) in [5.74, 6) is 1.24. The fourth-order valence-electron chi connectivity index (χ4n) is 3.55. The smallest absolute Gasteiger partial charge is 0.227 e. The van der Waals surface area contributed by atoms with Crippen LogP contribution in [0.15, 0.2) is 18.3 Å². The fraction of sp³-hybridized carbons (Fsp3) is 0.600. The molecular formula is C20H29N5O. The van der Waals surface area contributed by atoms with Gasteiger partial charge in [0.25, 0.3) is 0 Å². The maximum atomic E-state index is 12.7. The van der Waals surface area contributed by atoms with Crippen molar-refractivity contribution in [1.29, 1.82) is 0 Å². The number of carbonyl (C=O) groups excluding carboxylic acids is 1. The Bertz CT molecular complexity index is 790. The van der Waals surface area contributed by atoms with E-state index in [-0.39, 0.29) is 17.2 Å². The molecule has 1 atom stereocenters. The van der Waals surface area contributed by atoms with Gasteiger partial charge in [-0.3, -0.25) is 9.48 Å². The van der Waals surface area contributed by atoms with Crippen molar-refractivity contribution in [2.45, 2.75) is 59.9 Å². The Labute approximate surface area is 155 Å². The zero-order chi connectivity index (χ0) is 18.9. The normalized spacial score (nSPS) is 18.2. The van der Waals surface area contributed by atoms with Gasteiger partial charge in [-0.05, 0) is 38.8 Å². The maximum Gasteiger partial charge on any atom is 0.227 e. The van der Waals surface area contributed by atoms with Gasteiger partial charge in [0.1, 0.15) is 5.82 Å². The quantitative estimate of drug-likeness (QED) is 0.846. The second-order valence-corrected chi connectivity index (χ2v) is 8.13. The first kappa shape index (κ1) is 18.5. The Balaban J connectivity index is 1.88. The zero-order valence-corrected chi connectivity index (χ0v) is 16.5. The van der Waals surface area contributed by atoms with Gasteiger partial charge in [0.15, 0.2) is 0 Å². The lowest BCUT2D eigenvalue weighted by Crippen LogP contribution is -2.44. The number of aryl methyl sites for hydroxylation is 2. The van der Waals surface area contributed by atoms with Crippen LogP contribution in [0, 0.1) is 12.3 Å². The number of aromatic nitrogens is 4. The summed E-state index contributed by atoms with van der Waals surface area (Å²) in [6, 6.07) is 4.00. The first-order valence-corrected chi connectivity index (χ1v) is 9.46. The van der Waals surface area contributed by atoms with Crippen molar-refractivity contribution in [2.24, 2.45) is 5.41 Å². The van der Waals surface area contributed by atoms with Gasteiger partial charge in [0.05, 0.1) is 11.4 Å². The van der Waals surface area contributed by atoms with Crippen LogP contribution in [0.3, 0.4) is 0 Å². The van der Waals surface area contributed by atoms with Crippen molar-refractivity contribution < 1.29 is 4.79 Å². The Morgan fingerprint density at radius 1 is 1.31 bits per heavy atom. The van der Waals surface area contributed by atoms with E-state index in [4.69, 9.17) is 9.97 Å². The van der Waals surface area contributed by atoms with Crippen LogP contribution in [0.4, 0.5) is 0 Å². The average Bonchev–Trinajstić information content (AvgIpc) is 3.08. The van der Waals surface area contributed by atoms with Crippen molar-refractivity contribution in [3.63, 3.8) is 0 Å². The minimum absolute atomic E-state index is 0.187. The van der Waals surface area contributed by atoms with Gasteiger partial charge >= 0.3 is 0 Å². The van der Waals surface area contributed by atoms with Crippen molar-refractivity contribution in [3.8, 4) is 11.4 Å². The molecule has 0 bridgehead atoms. The van der Waals surface area contributed by atoms with Crippen LogP contribution in [0.5, 0.6) is 0 Å². The van der Waals surface area contributed by atoms with Crippen LogP contribution in [0.25, 0.3) is 11.4 Å². The highest BCUT2D eigenvalue weighted by molar-refractivity contribution is 5.81. The van der Waals surface area contributed by atoms with Crippen molar-refractivity contribution >= 4 is 5.91 Å². The van der Waals surface area contributed by atoms with Crippen LogP contribution in [0.2, 0.25) is 0 Å². The fourth-order valence-corrected chi connectivity index (χ4v) is 3.55. The number of likely N-dealkylation sites (tertiary alicyclic amines) is 1. The number of nitrogens with zero attached hydrogens (tertiary/aromatic N) is 5. The lowest BCUT2D eigenvalue weighted by molar-refractivity contribution is -0.140. The predicted octanol–water partition coefficient (Wildman–Crippen LogP) is 3.42. The minimum atomic E-state index is -0.353. The Morgan fingerprint density at radius 2 is 2.08 bits per heavy atom. The van der Waals surface area contributed by atoms with Crippen LogP contribution in [-0.2, 0) is 11.3 Å². The largest absolute Gasteiger partial charge is 0.342 e. The van der Waals surface area contributed by atoms with Crippen molar-refractivity contribution in [1.82, 2.24) is 24.6 Å². The molecule has 3 rings (SSSR count). The summed E-state index contributed by atoms with van der Waals surface area (Å²) in [6.07, 6.45) is 3.82. The summed E-state index contributed by atoms with van der Waals surface area (Å²) in [5, 5.41) is 4.35. The van der Waals surface area contributed by atoms with E-state index >= 15 is 0 Å². The Kier molecular flexibility index (Phi) is 5.12. The van der Waals surface area contributed by atoms with Gasteiger partial charge in [-0.25, -0.2) is 9.97 Å². The number of piperidine rings is 1. The summed E-state index contributed by atoms with van der Waals surface area (Å²) in [6.45, 7) is 12.3. The highest BCUT2D eigenvalue weighted by Crippen LogP contribution is 2.29. The van der Waals surface area contributed by atoms with Crippen LogP contribution in [0.1, 0.15) is 58.0 Å². The molecule has 26 heavy (non-hydrogen) atoms. The van der Waals surface area contributed by atoms with Crippen LogP contribution >= 0.6 is 0 Å². The van der Waals surface area contributed by atoms with Crippen molar-refractivity contribution in [2.75, 3.05) is 13.1 Å². The van der Waals surface area contributed by atoms with Crippen molar-refractivity contribution in [3.05, 3.63) is 29.8 Å². The van der Waals surface area contributed by atoms with Gasteiger partial charge < -0.3 is 4.90 Å². The molecule has 3 heterocycles. The summed E-state index contributed by atoms with van der Waals surface area (Å²) in [4.78, 5) is 24.2. The molecule has 0 spiro atoms. The summed E-state index contributed by atoms with van der Waals surface area (Å²) < 4.78 is 1.95. The molecule has 2 aromatic rings. The number of amides is 1. The number of hydrogen-bond donors (Lipinski definition) is 0. The second kappa shape index (κ2) is 7.17. The van der Waals surface area contributed by atoms with Gasteiger partial charge in [-0.15, -0.1) is 0 Å². The summed E-state index contributed by atoms with van der Waals surface area (Å²) in [5.41, 5.74) is 2.52. The number of carbonyl (C=O) groups is 1. The molecule has 6 heteroatoms.